The Morgan fingerprint density at radius 1 is 1.39 bits per heavy atom. The molecule has 1 aromatic rings. The van der Waals surface area contributed by atoms with Crippen molar-refractivity contribution in [3.05, 3.63) is 29.8 Å². The fraction of sp³-hybridized carbons (Fsp3) is 0.500. The van der Waals surface area contributed by atoms with Gasteiger partial charge in [-0.05, 0) is 51.3 Å². The molecule has 0 aromatic heterocycles. The van der Waals surface area contributed by atoms with Crippen LogP contribution in [0.2, 0.25) is 0 Å². The molecule has 1 unspecified atom stereocenters. The van der Waals surface area contributed by atoms with Gasteiger partial charge in [0.15, 0.2) is 0 Å². The number of carbonyl (C=O) groups excluding carboxylic acids is 1. The molecule has 0 aliphatic heterocycles. The first kappa shape index (κ1) is 14.5. The lowest BCUT2D eigenvalue weighted by Gasteiger charge is -2.27. The summed E-state index contributed by atoms with van der Waals surface area (Å²) >= 11 is 0. The van der Waals surface area contributed by atoms with Crippen molar-refractivity contribution in [2.24, 2.45) is 5.73 Å². The Morgan fingerprint density at radius 2 is 1.94 bits per heavy atom. The van der Waals surface area contributed by atoms with Gasteiger partial charge >= 0.3 is 0 Å². The molecule has 0 bridgehead atoms. The first-order valence-electron chi connectivity index (χ1n) is 6.17. The number of hydrogen-bond donors (Lipinski definition) is 3. The molecule has 0 saturated heterocycles. The number of phenols is 1. The lowest BCUT2D eigenvalue weighted by atomic mass is 10.0. The molecule has 0 aliphatic carbocycles. The molecule has 0 aliphatic rings. The van der Waals surface area contributed by atoms with Crippen LogP contribution in [0.25, 0.3) is 0 Å². The minimum absolute atomic E-state index is 0.196. The Bertz CT molecular complexity index is 399. The average molecular weight is 250 g/mol. The van der Waals surface area contributed by atoms with E-state index in [2.05, 4.69) is 5.32 Å². The van der Waals surface area contributed by atoms with E-state index in [1.54, 1.807) is 26.0 Å². The lowest BCUT2D eigenvalue weighted by Crippen LogP contribution is -2.53. The van der Waals surface area contributed by atoms with Crippen molar-refractivity contribution >= 4 is 5.91 Å². The molecule has 4 heteroatoms. The zero-order valence-electron chi connectivity index (χ0n) is 11.2. The summed E-state index contributed by atoms with van der Waals surface area (Å²) in [5.41, 5.74) is 5.79. The highest BCUT2D eigenvalue weighted by atomic mass is 16.3. The van der Waals surface area contributed by atoms with Gasteiger partial charge in [-0.2, -0.15) is 0 Å². The van der Waals surface area contributed by atoms with Gasteiger partial charge in [0.2, 0.25) is 5.91 Å². The number of rotatable bonds is 6. The van der Waals surface area contributed by atoms with Crippen LogP contribution >= 0.6 is 0 Å². The summed E-state index contributed by atoms with van der Waals surface area (Å²) in [5, 5.41) is 12.4. The summed E-state index contributed by atoms with van der Waals surface area (Å²) in [7, 11) is 0. The maximum Gasteiger partial charge on any atom is 0.237 e. The van der Waals surface area contributed by atoms with Gasteiger partial charge in [-0.15, -0.1) is 0 Å². The molecule has 0 saturated carbocycles. The van der Waals surface area contributed by atoms with Crippen LogP contribution in [0.15, 0.2) is 24.3 Å². The fourth-order valence-electron chi connectivity index (χ4n) is 1.81. The molecule has 4 N–H and O–H groups in total. The molecule has 0 heterocycles. The third-order valence-electron chi connectivity index (χ3n) is 3.03. The van der Waals surface area contributed by atoms with Gasteiger partial charge in [-0.3, -0.25) is 4.79 Å². The number of primary amides is 1. The Morgan fingerprint density at radius 3 is 2.44 bits per heavy atom. The molecule has 1 atom stereocenters. The fourth-order valence-corrected chi connectivity index (χ4v) is 1.81. The average Bonchev–Trinajstić information content (AvgIpc) is 2.27. The molecule has 1 rings (SSSR count). The maximum atomic E-state index is 11.2. The second-order valence-electron chi connectivity index (χ2n) is 5.24. The van der Waals surface area contributed by atoms with Gasteiger partial charge in [-0.1, -0.05) is 12.1 Å². The van der Waals surface area contributed by atoms with E-state index in [1.807, 2.05) is 19.1 Å². The standard InChI is InChI=1S/C14H22N2O2/c1-10(16-14(2,3)13(15)18)4-5-11-6-8-12(17)9-7-11/h6-10,16-17H,4-5H2,1-3H3,(H2,15,18). The zero-order valence-corrected chi connectivity index (χ0v) is 11.2. The van der Waals surface area contributed by atoms with E-state index in [9.17, 15) is 9.90 Å². The smallest absolute Gasteiger partial charge is 0.237 e. The molecule has 0 spiro atoms. The number of amides is 1. The number of aromatic hydroxyl groups is 1. The molecule has 0 radical (unpaired) electrons. The number of benzene rings is 1. The van der Waals surface area contributed by atoms with Gasteiger partial charge in [0.1, 0.15) is 5.75 Å². The van der Waals surface area contributed by atoms with Crippen molar-refractivity contribution in [1.82, 2.24) is 5.32 Å². The van der Waals surface area contributed by atoms with Crippen LogP contribution in [0, 0.1) is 0 Å². The number of carbonyl (C=O) groups is 1. The van der Waals surface area contributed by atoms with Crippen molar-refractivity contribution in [3.63, 3.8) is 0 Å². The largest absolute Gasteiger partial charge is 0.508 e. The third kappa shape index (κ3) is 4.37. The van der Waals surface area contributed by atoms with Gasteiger partial charge in [0.05, 0.1) is 5.54 Å². The van der Waals surface area contributed by atoms with Crippen LogP contribution in [0.4, 0.5) is 0 Å². The second-order valence-corrected chi connectivity index (χ2v) is 5.24. The van der Waals surface area contributed by atoms with E-state index in [1.165, 1.54) is 5.56 Å². The Kier molecular flexibility index (Phi) is 4.73. The van der Waals surface area contributed by atoms with E-state index in [0.29, 0.717) is 0 Å². The summed E-state index contributed by atoms with van der Waals surface area (Å²) in [6.07, 6.45) is 1.80. The van der Waals surface area contributed by atoms with Crippen LogP contribution < -0.4 is 11.1 Å². The van der Waals surface area contributed by atoms with Crippen molar-refractivity contribution in [3.8, 4) is 5.75 Å². The quantitative estimate of drug-likeness (QED) is 0.717. The van der Waals surface area contributed by atoms with E-state index in [4.69, 9.17) is 5.73 Å². The number of phenolic OH excluding ortho intramolecular Hbond substituents is 1. The third-order valence-corrected chi connectivity index (χ3v) is 3.03. The number of nitrogens with one attached hydrogen (secondary N) is 1. The normalized spacial score (nSPS) is 13.3. The van der Waals surface area contributed by atoms with E-state index >= 15 is 0 Å². The summed E-state index contributed by atoms with van der Waals surface area (Å²) in [6, 6.07) is 7.37. The summed E-state index contributed by atoms with van der Waals surface area (Å²) in [4.78, 5) is 11.2. The van der Waals surface area contributed by atoms with Gasteiger partial charge in [0.25, 0.3) is 0 Å². The molecule has 18 heavy (non-hydrogen) atoms. The monoisotopic (exact) mass is 250 g/mol. The highest BCUT2D eigenvalue weighted by Gasteiger charge is 2.25. The number of nitrogens with two attached hydrogens (primary N) is 1. The summed E-state index contributed by atoms with van der Waals surface area (Å²) in [5.74, 6) is -0.0706. The molecule has 4 nitrogen and oxygen atoms in total. The van der Waals surface area contributed by atoms with Crippen molar-refractivity contribution in [2.75, 3.05) is 0 Å². The first-order chi connectivity index (χ1) is 8.31. The number of hydrogen-bond acceptors (Lipinski definition) is 3. The predicted octanol–water partition coefficient (Wildman–Crippen LogP) is 1.57. The summed E-state index contributed by atoms with van der Waals surface area (Å²) < 4.78 is 0. The molecule has 1 amide bonds. The van der Waals surface area contributed by atoms with Crippen LogP contribution in [-0.4, -0.2) is 22.6 Å². The first-order valence-corrected chi connectivity index (χ1v) is 6.17. The van der Waals surface area contributed by atoms with E-state index < -0.39 is 5.54 Å². The van der Waals surface area contributed by atoms with E-state index in [0.717, 1.165) is 12.8 Å². The van der Waals surface area contributed by atoms with Gasteiger partial charge in [0, 0.05) is 6.04 Å². The Balaban J connectivity index is 2.44. The molecular weight excluding hydrogens is 228 g/mol. The zero-order chi connectivity index (χ0) is 13.8. The van der Waals surface area contributed by atoms with Crippen molar-refractivity contribution in [1.29, 1.82) is 0 Å². The molecule has 100 valence electrons. The van der Waals surface area contributed by atoms with E-state index in [-0.39, 0.29) is 17.7 Å². The SMILES string of the molecule is CC(CCc1ccc(O)cc1)NC(C)(C)C(N)=O. The predicted molar refractivity (Wildman–Crippen MR) is 72.3 cm³/mol. The summed E-state index contributed by atoms with van der Waals surface area (Å²) in [6.45, 7) is 5.60. The Labute approximate surface area is 108 Å². The van der Waals surface area contributed by atoms with Gasteiger partial charge in [-0.25, -0.2) is 0 Å². The van der Waals surface area contributed by atoms with Gasteiger partial charge < -0.3 is 16.2 Å². The Hall–Kier alpha value is -1.55. The van der Waals surface area contributed by atoms with Crippen LogP contribution in [-0.2, 0) is 11.2 Å². The van der Waals surface area contributed by atoms with Crippen LogP contribution in [0.3, 0.4) is 0 Å². The number of aryl methyl sites for hydroxylation is 1. The molecular formula is C14H22N2O2. The minimum Gasteiger partial charge on any atom is -0.508 e. The highest BCUT2D eigenvalue weighted by Crippen LogP contribution is 2.13. The van der Waals surface area contributed by atoms with Crippen LogP contribution in [0.5, 0.6) is 5.75 Å². The minimum atomic E-state index is -0.686. The lowest BCUT2D eigenvalue weighted by molar-refractivity contribution is -0.123. The highest BCUT2D eigenvalue weighted by molar-refractivity contribution is 5.83. The molecule has 0 fully saturated rings. The second kappa shape index (κ2) is 5.87. The topological polar surface area (TPSA) is 75.3 Å². The van der Waals surface area contributed by atoms with Crippen molar-refractivity contribution in [2.45, 2.75) is 45.2 Å². The molecule has 1 aromatic carbocycles. The van der Waals surface area contributed by atoms with Crippen LogP contribution in [0.1, 0.15) is 32.8 Å². The van der Waals surface area contributed by atoms with Crippen molar-refractivity contribution < 1.29 is 9.90 Å². The maximum absolute atomic E-state index is 11.2.